The maximum absolute atomic E-state index is 12.2. The van der Waals surface area contributed by atoms with Crippen molar-refractivity contribution >= 4 is 51.7 Å². The standard InChI is InChI=1S/C17H16N4OS2/c18-12-3-1-2-4-14(12)23-10-16(22)20-11-5-6-15-13(9-11)21-8-7-19-17(21)24-15/h1-6,9H,7-8,10,18H2,(H,20,22). The first-order valence-electron chi connectivity index (χ1n) is 7.62. The number of amides is 1. The van der Waals surface area contributed by atoms with E-state index in [1.54, 1.807) is 11.8 Å². The highest BCUT2D eigenvalue weighted by Gasteiger charge is 2.29. The van der Waals surface area contributed by atoms with E-state index in [9.17, 15) is 4.79 Å². The molecule has 5 nitrogen and oxygen atoms in total. The van der Waals surface area contributed by atoms with Gasteiger partial charge in [-0.1, -0.05) is 12.1 Å². The third kappa shape index (κ3) is 2.97. The Hall–Kier alpha value is -2.12. The van der Waals surface area contributed by atoms with Crippen molar-refractivity contribution in [3.8, 4) is 0 Å². The minimum absolute atomic E-state index is 0.0378. The van der Waals surface area contributed by atoms with Gasteiger partial charge >= 0.3 is 0 Å². The summed E-state index contributed by atoms with van der Waals surface area (Å²) >= 11 is 3.13. The summed E-state index contributed by atoms with van der Waals surface area (Å²) < 4.78 is 0. The fraction of sp³-hybridized carbons (Fsp3) is 0.176. The van der Waals surface area contributed by atoms with Crippen molar-refractivity contribution in [3.05, 3.63) is 42.5 Å². The summed E-state index contributed by atoms with van der Waals surface area (Å²) in [5, 5.41) is 4.02. The van der Waals surface area contributed by atoms with Crippen LogP contribution in [-0.2, 0) is 4.79 Å². The second-order valence-corrected chi connectivity index (χ2v) is 7.50. The Balaban J connectivity index is 1.41. The molecule has 3 N–H and O–H groups in total. The molecule has 7 heteroatoms. The molecule has 0 bridgehead atoms. The normalized spacial score (nSPS) is 15.0. The number of nitrogen functional groups attached to an aromatic ring is 1. The number of nitrogens with one attached hydrogen (secondary N) is 1. The van der Waals surface area contributed by atoms with Crippen LogP contribution in [0, 0.1) is 0 Å². The van der Waals surface area contributed by atoms with Gasteiger partial charge in [0.05, 0.1) is 18.0 Å². The van der Waals surface area contributed by atoms with Crippen LogP contribution in [0.5, 0.6) is 0 Å². The molecule has 0 saturated heterocycles. The second kappa shape index (κ2) is 6.41. The Labute approximate surface area is 148 Å². The lowest BCUT2D eigenvalue weighted by Crippen LogP contribution is -2.21. The van der Waals surface area contributed by atoms with Gasteiger partial charge in [0.15, 0.2) is 5.17 Å². The van der Waals surface area contributed by atoms with Crippen LogP contribution in [0.2, 0.25) is 0 Å². The molecule has 0 atom stereocenters. The van der Waals surface area contributed by atoms with Crippen LogP contribution in [0.15, 0.2) is 57.2 Å². The molecule has 2 heterocycles. The minimum Gasteiger partial charge on any atom is -0.398 e. The lowest BCUT2D eigenvalue weighted by Gasteiger charge is -2.13. The first-order valence-corrected chi connectivity index (χ1v) is 9.42. The number of fused-ring (bicyclic) bond motifs is 3. The van der Waals surface area contributed by atoms with Gasteiger partial charge in [0.2, 0.25) is 5.91 Å². The van der Waals surface area contributed by atoms with Crippen molar-refractivity contribution in [2.45, 2.75) is 9.79 Å². The molecule has 0 aliphatic carbocycles. The van der Waals surface area contributed by atoms with Crippen LogP contribution >= 0.6 is 23.5 Å². The molecule has 0 radical (unpaired) electrons. The fourth-order valence-electron chi connectivity index (χ4n) is 2.68. The van der Waals surface area contributed by atoms with Crippen molar-refractivity contribution in [2.24, 2.45) is 4.99 Å². The predicted molar refractivity (Wildman–Crippen MR) is 102 cm³/mol. The topological polar surface area (TPSA) is 70.7 Å². The first-order chi connectivity index (χ1) is 11.7. The summed E-state index contributed by atoms with van der Waals surface area (Å²) in [6.07, 6.45) is 0. The van der Waals surface area contributed by atoms with E-state index in [0.717, 1.165) is 34.5 Å². The highest BCUT2D eigenvalue weighted by atomic mass is 32.2. The lowest BCUT2D eigenvalue weighted by molar-refractivity contribution is -0.113. The van der Waals surface area contributed by atoms with E-state index in [-0.39, 0.29) is 5.91 Å². The molecule has 1 amide bonds. The van der Waals surface area contributed by atoms with E-state index in [0.29, 0.717) is 11.4 Å². The van der Waals surface area contributed by atoms with Gasteiger partial charge in [-0.15, -0.1) is 11.8 Å². The van der Waals surface area contributed by atoms with E-state index in [4.69, 9.17) is 5.73 Å². The van der Waals surface area contributed by atoms with Crippen LogP contribution in [0.25, 0.3) is 0 Å². The summed E-state index contributed by atoms with van der Waals surface area (Å²) in [4.78, 5) is 21.0. The third-order valence-electron chi connectivity index (χ3n) is 3.81. The summed E-state index contributed by atoms with van der Waals surface area (Å²) in [5.74, 6) is 0.292. The summed E-state index contributed by atoms with van der Waals surface area (Å²) in [7, 11) is 0. The van der Waals surface area contributed by atoms with Gasteiger partial charge in [0.1, 0.15) is 0 Å². The van der Waals surface area contributed by atoms with Gasteiger partial charge in [-0.05, 0) is 42.1 Å². The molecule has 0 fully saturated rings. The zero-order valence-electron chi connectivity index (χ0n) is 12.9. The van der Waals surface area contributed by atoms with Crippen LogP contribution in [0.1, 0.15) is 0 Å². The molecule has 0 spiro atoms. The first kappa shape index (κ1) is 15.4. The van der Waals surface area contributed by atoms with Crippen LogP contribution in [0.3, 0.4) is 0 Å². The van der Waals surface area contributed by atoms with Gasteiger partial charge in [-0.25, -0.2) is 0 Å². The number of hydrogen-bond donors (Lipinski definition) is 2. The van der Waals surface area contributed by atoms with Crippen molar-refractivity contribution in [3.63, 3.8) is 0 Å². The molecule has 0 aromatic heterocycles. The van der Waals surface area contributed by atoms with Gasteiger partial charge in [0, 0.05) is 27.7 Å². The summed E-state index contributed by atoms with van der Waals surface area (Å²) in [5.41, 5.74) is 8.55. The van der Waals surface area contributed by atoms with E-state index in [1.165, 1.54) is 16.7 Å². The maximum atomic E-state index is 12.2. The van der Waals surface area contributed by atoms with Gasteiger partial charge in [0.25, 0.3) is 0 Å². The molecule has 2 aromatic rings. The molecule has 24 heavy (non-hydrogen) atoms. The number of para-hydroxylation sites is 1. The van der Waals surface area contributed by atoms with Gasteiger partial charge in [-0.3, -0.25) is 9.79 Å². The lowest BCUT2D eigenvalue weighted by atomic mass is 10.2. The smallest absolute Gasteiger partial charge is 0.234 e. The average Bonchev–Trinajstić information content (AvgIpc) is 3.15. The van der Waals surface area contributed by atoms with Crippen LogP contribution < -0.4 is 16.0 Å². The fourth-order valence-corrected chi connectivity index (χ4v) is 4.51. The number of rotatable bonds is 4. The molecular formula is C17H16N4OS2. The quantitative estimate of drug-likeness (QED) is 0.650. The van der Waals surface area contributed by atoms with Crippen molar-refractivity contribution in [1.29, 1.82) is 0 Å². The summed E-state index contributed by atoms with van der Waals surface area (Å²) in [6.45, 7) is 1.75. The van der Waals surface area contributed by atoms with Crippen molar-refractivity contribution in [1.82, 2.24) is 0 Å². The Morgan fingerprint density at radius 2 is 2.21 bits per heavy atom. The number of carbonyl (C=O) groups is 1. The number of aliphatic imine (C=N–C) groups is 1. The number of nitrogens with two attached hydrogens (primary N) is 1. The van der Waals surface area contributed by atoms with Gasteiger partial charge < -0.3 is 16.0 Å². The molecule has 4 rings (SSSR count). The summed E-state index contributed by atoms with van der Waals surface area (Å²) in [6, 6.07) is 13.6. The number of thioether (sulfide) groups is 2. The third-order valence-corrected chi connectivity index (χ3v) is 6.00. The number of benzene rings is 2. The highest BCUT2D eigenvalue weighted by Crippen LogP contribution is 2.43. The molecule has 2 aliphatic rings. The Morgan fingerprint density at radius 3 is 3.08 bits per heavy atom. The molecule has 0 unspecified atom stereocenters. The number of hydrogen-bond acceptors (Lipinski definition) is 6. The largest absolute Gasteiger partial charge is 0.398 e. The molecule has 2 aromatic carbocycles. The zero-order valence-corrected chi connectivity index (χ0v) is 14.5. The molecule has 0 saturated carbocycles. The van der Waals surface area contributed by atoms with E-state index in [1.807, 2.05) is 42.5 Å². The highest BCUT2D eigenvalue weighted by molar-refractivity contribution is 8.14. The Bertz CT molecular complexity index is 837. The Morgan fingerprint density at radius 1 is 1.33 bits per heavy atom. The van der Waals surface area contributed by atoms with Crippen molar-refractivity contribution in [2.75, 3.05) is 34.8 Å². The predicted octanol–water partition coefficient (Wildman–Crippen LogP) is 3.28. The van der Waals surface area contributed by atoms with Crippen LogP contribution in [0.4, 0.5) is 17.1 Å². The van der Waals surface area contributed by atoms with E-state index in [2.05, 4.69) is 15.2 Å². The van der Waals surface area contributed by atoms with E-state index >= 15 is 0 Å². The number of nitrogens with zero attached hydrogens (tertiary/aromatic N) is 2. The second-order valence-electron chi connectivity index (χ2n) is 5.48. The minimum atomic E-state index is -0.0378. The Kier molecular flexibility index (Phi) is 4.12. The number of amidine groups is 1. The molecule has 2 aliphatic heterocycles. The number of anilines is 3. The van der Waals surface area contributed by atoms with Gasteiger partial charge in [-0.2, -0.15) is 0 Å². The monoisotopic (exact) mass is 356 g/mol. The van der Waals surface area contributed by atoms with E-state index < -0.39 is 0 Å². The maximum Gasteiger partial charge on any atom is 0.234 e. The van der Waals surface area contributed by atoms with Crippen molar-refractivity contribution < 1.29 is 4.79 Å². The SMILES string of the molecule is Nc1ccccc1SCC(=O)Nc1ccc2c(c1)N1CCN=C1S2. The zero-order chi connectivity index (χ0) is 16.5. The average molecular weight is 356 g/mol. The molecule has 122 valence electrons. The molecular weight excluding hydrogens is 340 g/mol. The number of carbonyl (C=O) groups excluding carboxylic acids is 1. The van der Waals surface area contributed by atoms with Crippen LogP contribution in [-0.4, -0.2) is 29.9 Å².